The van der Waals surface area contributed by atoms with Crippen molar-refractivity contribution in [2.45, 2.75) is 13.3 Å². The lowest BCUT2D eigenvalue weighted by Gasteiger charge is -2.02. The van der Waals surface area contributed by atoms with E-state index in [0.29, 0.717) is 34.0 Å². The van der Waals surface area contributed by atoms with Crippen LogP contribution in [0.2, 0.25) is 0 Å². The van der Waals surface area contributed by atoms with Gasteiger partial charge in [0.2, 0.25) is 5.95 Å². The number of aromatic nitrogens is 5. The fourth-order valence-electron chi connectivity index (χ4n) is 1.84. The SMILES string of the molecule is CCCOC(=O)c1sc(Nc2ncccn2)nc1-c1ccncn1. The largest absolute Gasteiger partial charge is 0.461 e. The van der Waals surface area contributed by atoms with Crippen molar-refractivity contribution in [2.75, 3.05) is 11.9 Å². The number of anilines is 2. The molecular weight excluding hydrogens is 328 g/mol. The van der Waals surface area contributed by atoms with E-state index < -0.39 is 5.97 Å². The van der Waals surface area contributed by atoms with Gasteiger partial charge in [-0.2, -0.15) is 0 Å². The average Bonchev–Trinajstić information content (AvgIpc) is 3.05. The first-order chi connectivity index (χ1) is 11.8. The number of esters is 1. The van der Waals surface area contributed by atoms with Crippen molar-refractivity contribution in [1.82, 2.24) is 24.9 Å². The monoisotopic (exact) mass is 342 g/mol. The van der Waals surface area contributed by atoms with E-state index in [-0.39, 0.29) is 0 Å². The minimum atomic E-state index is -0.426. The number of carbonyl (C=O) groups excluding carboxylic acids is 1. The summed E-state index contributed by atoms with van der Waals surface area (Å²) in [6, 6.07) is 3.40. The third kappa shape index (κ3) is 3.69. The molecule has 0 aromatic carbocycles. The molecule has 3 heterocycles. The van der Waals surface area contributed by atoms with Gasteiger partial charge >= 0.3 is 5.97 Å². The molecule has 1 N–H and O–H groups in total. The fourth-order valence-corrected chi connectivity index (χ4v) is 2.70. The Hall–Kier alpha value is -2.94. The third-order valence-electron chi connectivity index (χ3n) is 2.86. The van der Waals surface area contributed by atoms with Crippen LogP contribution in [0.15, 0.2) is 37.1 Å². The van der Waals surface area contributed by atoms with Gasteiger partial charge in [0, 0.05) is 18.6 Å². The number of carbonyl (C=O) groups is 1. The highest BCUT2D eigenvalue weighted by molar-refractivity contribution is 7.18. The standard InChI is InChI=1S/C15H14N6O2S/c1-2-8-23-13(22)12-11(10-4-7-16-9-19-10)20-15(24-12)21-14-17-5-3-6-18-14/h3-7,9H,2,8H2,1H3,(H,17,18,20,21). The van der Waals surface area contributed by atoms with Gasteiger partial charge in [0.25, 0.3) is 0 Å². The summed E-state index contributed by atoms with van der Waals surface area (Å²) in [7, 11) is 0. The van der Waals surface area contributed by atoms with Gasteiger partial charge in [0.05, 0.1) is 12.3 Å². The van der Waals surface area contributed by atoms with Crippen LogP contribution < -0.4 is 5.32 Å². The van der Waals surface area contributed by atoms with Crippen molar-refractivity contribution < 1.29 is 9.53 Å². The maximum Gasteiger partial charge on any atom is 0.350 e. The molecule has 9 heteroatoms. The highest BCUT2D eigenvalue weighted by Crippen LogP contribution is 2.31. The topological polar surface area (TPSA) is 103 Å². The lowest BCUT2D eigenvalue weighted by molar-refractivity contribution is 0.0511. The predicted octanol–water partition coefficient (Wildman–Crippen LogP) is 2.70. The minimum absolute atomic E-state index is 0.352. The zero-order valence-electron chi connectivity index (χ0n) is 12.8. The van der Waals surface area contributed by atoms with Gasteiger partial charge in [-0.3, -0.25) is 0 Å². The molecule has 122 valence electrons. The smallest absolute Gasteiger partial charge is 0.350 e. The van der Waals surface area contributed by atoms with E-state index in [0.717, 1.165) is 6.42 Å². The average molecular weight is 342 g/mol. The number of hydrogen-bond donors (Lipinski definition) is 1. The highest BCUT2D eigenvalue weighted by Gasteiger charge is 2.22. The second-order valence-corrected chi connectivity index (χ2v) is 5.62. The minimum Gasteiger partial charge on any atom is -0.461 e. The Labute approximate surface area is 142 Å². The highest BCUT2D eigenvalue weighted by atomic mass is 32.1. The van der Waals surface area contributed by atoms with E-state index in [1.807, 2.05) is 6.92 Å². The van der Waals surface area contributed by atoms with E-state index >= 15 is 0 Å². The lowest BCUT2D eigenvalue weighted by atomic mass is 10.2. The molecule has 0 aliphatic heterocycles. The summed E-state index contributed by atoms with van der Waals surface area (Å²) in [5.41, 5.74) is 0.994. The Morgan fingerprint density at radius 1 is 1.25 bits per heavy atom. The summed E-state index contributed by atoms with van der Waals surface area (Å²) in [5.74, 6) is -0.0287. The van der Waals surface area contributed by atoms with Crippen LogP contribution in [0.3, 0.4) is 0 Å². The molecule has 0 amide bonds. The quantitative estimate of drug-likeness (QED) is 0.682. The second-order valence-electron chi connectivity index (χ2n) is 4.62. The molecule has 0 fully saturated rings. The van der Waals surface area contributed by atoms with Crippen LogP contribution in [0.4, 0.5) is 11.1 Å². The van der Waals surface area contributed by atoms with Gasteiger partial charge < -0.3 is 10.1 Å². The number of hydrogen-bond acceptors (Lipinski definition) is 9. The molecule has 0 spiro atoms. The van der Waals surface area contributed by atoms with Crippen molar-refractivity contribution in [3.63, 3.8) is 0 Å². The summed E-state index contributed by atoms with van der Waals surface area (Å²) in [6.07, 6.45) is 6.98. The van der Waals surface area contributed by atoms with Crippen molar-refractivity contribution in [3.05, 3.63) is 41.9 Å². The molecule has 3 aromatic rings. The van der Waals surface area contributed by atoms with E-state index in [9.17, 15) is 4.79 Å². The molecule has 0 bridgehead atoms. The molecule has 3 aromatic heterocycles. The van der Waals surface area contributed by atoms with Crippen LogP contribution >= 0.6 is 11.3 Å². The number of thiazole rings is 1. The molecule has 24 heavy (non-hydrogen) atoms. The van der Waals surface area contributed by atoms with Gasteiger partial charge in [0.15, 0.2) is 5.13 Å². The third-order valence-corrected chi connectivity index (χ3v) is 3.81. The maximum atomic E-state index is 12.3. The van der Waals surface area contributed by atoms with Crippen LogP contribution in [0.1, 0.15) is 23.0 Å². The van der Waals surface area contributed by atoms with Crippen LogP contribution in [0, 0.1) is 0 Å². The molecule has 3 rings (SSSR count). The number of ether oxygens (including phenoxy) is 1. The molecule has 0 unspecified atom stereocenters. The zero-order valence-corrected chi connectivity index (χ0v) is 13.7. The van der Waals surface area contributed by atoms with Crippen molar-refractivity contribution in [1.29, 1.82) is 0 Å². The molecular formula is C15H14N6O2S. The van der Waals surface area contributed by atoms with E-state index in [1.54, 1.807) is 30.7 Å². The van der Waals surface area contributed by atoms with Gasteiger partial charge in [-0.15, -0.1) is 0 Å². The Bertz CT molecular complexity index is 809. The number of rotatable bonds is 6. The van der Waals surface area contributed by atoms with E-state index in [4.69, 9.17) is 4.74 Å². The molecule has 0 atom stereocenters. The van der Waals surface area contributed by atoms with Crippen molar-refractivity contribution in [3.8, 4) is 11.4 Å². The Balaban J connectivity index is 1.94. The first kappa shape index (κ1) is 15.9. The number of nitrogens with one attached hydrogen (secondary N) is 1. The first-order valence-corrected chi connectivity index (χ1v) is 8.08. The second kappa shape index (κ2) is 7.55. The van der Waals surface area contributed by atoms with Crippen molar-refractivity contribution >= 4 is 28.4 Å². The van der Waals surface area contributed by atoms with Gasteiger partial charge in [-0.25, -0.2) is 29.7 Å². The van der Waals surface area contributed by atoms with Gasteiger partial charge in [-0.1, -0.05) is 18.3 Å². The van der Waals surface area contributed by atoms with Crippen LogP contribution in [0.25, 0.3) is 11.4 Å². The lowest BCUT2D eigenvalue weighted by Crippen LogP contribution is -2.05. The van der Waals surface area contributed by atoms with Gasteiger partial charge in [-0.05, 0) is 18.6 Å². The molecule has 0 saturated carbocycles. The molecule has 8 nitrogen and oxygen atoms in total. The Kier molecular flexibility index (Phi) is 5.02. The molecule has 0 radical (unpaired) electrons. The normalized spacial score (nSPS) is 10.4. The fraction of sp³-hybridized carbons (Fsp3) is 0.200. The van der Waals surface area contributed by atoms with Gasteiger partial charge in [0.1, 0.15) is 16.9 Å². The molecule has 0 saturated heterocycles. The zero-order chi connectivity index (χ0) is 16.8. The van der Waals surface area contributed by atoms with Crippen LogP contribution in [-0.2, 0) is 4.74 Å². The predicted molar refractivity (Wildman–Crippen MR) is 89.0 cm³/mol. The summed E-state index contributed by atoms with van der Waals surface area (Å²) in [4.78, 5) is 33.3. The summed E-state index contributed by atoms with van der Waals surface area (Å²) in [5, 5.41) is 3.46. The summed E-state index contributed by atoms with van der Waals surface area (Å²) < 4.78 is 5.23. The van der Waals surface area contributed by atoms with Crippen LogP contribution in [0.5, 0.6) is 0 Å². The van der Waals surface area contributed by atoms with E-state index in [1.165, 1.54) is 17.7 Å². The maximum absolute atomic E-state index is 12.3. The molecule has 0 aliphatic carbocycles. The Morgan fingerprint density at radius 2 is 2.08 bits per heavy atom. The summed E-state index contributed by atoms with van der Waals surface area (Å²) in [6.45, 7) is 2.29. The van der Waals surface area contributed by atoms with E-state index in [2.05, 4.69) is 30.2 Å². The number of nitrogens with zero attached hydrogens (tertiary/aromatic N) is 5. The van der Waals surface area contributed by atoms with Crippen molar-refractivity contribution in [2.24, 2.45) is 0 Å². The Morgan fingerprint density at radius 3 is 2.79 bits per heavy atom. The summed E-state index contributed by atoms with van der Waals surface area (Å²) >= 11 is 1.17. The van der Waals surface area contributed by atoms with Crippen LogP contribution in [-0.4, -0.2) is 37.5 Å². The first-order valence-electron chi connectivity index (χ1n) is 7.26. The molecule has 0 aliphatic rings.